The summed E-state index contributed by atoms with van der Waals surface area (Å²) in [6.07, 6.45) is 4.21. The van der Waals surface area contributed by atoms with Gasteiger partial charge in [0.25, 0.3) is 0 Å². The van der Waals surface area contributed by atoms with E-state index < -0.39 is 0 Å². The molecule has 3 rings (SSSR count). The summed E-state index contributed by atoms with van der Waals surface area (Å²) in [4.78, 5) is 18.6. The molecule has 1 aromatic carbocycles. The lowest BCUT2D eigenvalue weighted by molar-refractivity contribution is -0.128. The van der Waals surface area contributed by atoms with Crippen molar-refractivity contribution >= 4 is 5.91 Å². The minimum absolute atomic E-state index is 0.0848. The summed E-state index contributed by atoms with van der Waals surface area (Å²) in [5.74, 6) is 1.81. The number of hydrogen-bond donors (Lipinski definition) is 0. The number of benzene rings is 1. The molecule has 0 aliphatic carbocycles. The van der Waals surface area contributed by atoms with Gasteiger partial charge in [0, 0.05) is 39.0 Å². The number of hydrogen-bond acceptors (Lipinski definition) is 4. The quantitative estimate of drug-likeness (QED) is 0.782. The summed E-state index contributed by atoms with van der Waals surface area (Å²) in [7, 11) is 1.65. The number of methoxy groups -OCH3 is 1. The molecular weight excluding hydrogens is 306 g/mol. The van der Waals surface area contributed by atoms with Gasteiger partial charge in [-0.15, -0.1) is 0 Å². The van der Waals surface area contributed by atoms with Gasteiger partial charge in [0.1, 0.15) is 11.6 Å². The van der Waals surface area contributed by atoms with Gasteiger partial charge in [-0.2, -0.15) is 0 Å². The second kappa shape index (κ2) is 7.49. The van der Waals surface area contributed by atoms with E-state index in [2.05, 4.69) is 9.55 Å². The Kier molecular flexibility index (Phi) is 5.15. The lowest BCUT2D eigenvalue weighted by atomic mass is 10.1. The predicted molar refractivity (Wildman–Crippen MR) is 90.9 cm³/mol. The van der Waals surface area contributed by atoms with E-state index in [1.165, 1.54) is 0 Å². The third-order valence-corrected chi connectivity index (χ3v) is 4.25. The van der Waals surface area contributed by atoms with Crippen molar-refractivity contribution in [3.63, 3.8) is 0 Å². The maximum Gasteiger partial charge on any atom is 0.224 e. The first-order valence-corrected chi connectivity index (χ1v) is 8.26. The molecule has 0 saturated carbocycles. The van der Waals surface area contributed by atoms with Crippen molar-refractivity contribution in [3.8, 4) is 17.1 Å². The van der Waals surface area contributed by atoms with Crippen LogP contribution in [0.25, 0.3) is 11.4 Å². The highest BCUT2D eigenvalue weighted by atomic mass is 16.5. The van der Waals surface area contributed by atoms with Crippen molar-refractivity contribution in [2.45, 2.75) is 19.4 Å². The van der Waals surface area contributed by atoms with Gasteiger partial charge in [0.15, 0.2) is 0 Å². The van der Waals surface area contributed by atoms with Crippen molar-refractivity contribution in [2.75, 3.05) is 33.4 Å². The van der Waals surface area contributed by atoms with Crippen molar-refractivity contribution in [1.29, 1.82) is 0 Å². The smallest absolute Gasteiger partial charge is 0.224 e. The Balaban J connectivity index is 1.85. The predicted octanol–water partition coefficient (Wildman–Crippen LogP) is 2.37. The van der Waals surface area contributed by atoms with Crippen LogP contribution in [0.15, 0.2) is 36.7 Å². The fraction of sp³-hybridized carbons (Fsp3) is 0.444. The molecule has 1 fully saturated rings. The number of aromatic nitrogens is 2. The van der Waals surface area contributed by atoms with E-state index in [1.54, 1.807) is 13.3 Å². The van der Waals surface area contributed by atoms with Gasteiger partial charge in [-0.25, -0.2) is 4.98 Å². The highest BCUT2D eigenvalue weighted by molar-refractivity contribution is 5.79. The molecule has 6 nitrogen and oxygen atoms in total. The summed E-state index contributed by atoms with van der Waals surface area (Å²) >= 11 is 0. The Bertz CT molecular complexity index is 698. The van der Waals surface area contributed by atoms with Gasteiger partial charge < -0.3 is 18.9 Å². The minimum atomic E-state index is 0.0848. The number of ether oxygens (including phenoxy) is 2. The molecular formula is C18H23N3O3. The molecule has 24 heavy (non-hydrogen) atoms. The number of likely N-dealkylation sites (tertiary alicyclic amines) is 1. The van der Waals surface area contributed by atoms with Gasteiger partial charge in [0.05, 0.1) is 24.8 Å². The van der Waals surface area contributed by atoms with Crippen molar-refractivity contribution in [1.82, 2.24) is 14.5 Å². The van der Waals surface area contributed by atoms with Crippen LogP contribution >= 0.6 is 0 Å². The molecule has 6 heteroatoms. The molecule has 0 bridgehead atoms. The number of carbonyl (C=O) groups is 1. The van der Waals surface area contributed by atoms with E-state index in [0.29, 0.717) is 32.7 Å². The van der Waals surface area contributed by atoms with Crippen LogP contribution in [0.3, 0.4) is 0 Å². The van der Waals surface area contributed by atoms with Crippen LogP contribution < -0.4 is 4.74 Å². The Morgan fingerprint density at radius 2 is 2.17 bits per heavy atom. The van der Waals surface area contributed by atoms with Crippen LogP contribution in [0.1, 0.15) is 19.4 Å². The molecule has 0 radical (unpaired) electrons. The first-order chi connectivity index (χ1) is 11.7. The Morgan fingerprint density at radius 3 is 2.96 bits per heavy atom. The maximum atomic E-state index is 12.2. The van der Waals surface area contributed by atoms with E-state index in [4.69, 9.17) is 9.47 Å². The Morgan fingerprint density at radius 1 is 1.33 bits per heavy atom. The molecule has 2 heterocycles. The molecule has 1 amide bonds. The summed E-state index contributed by atoms with van der Waals surface area (Å²) in [6, 6.07) is 7.96. The number of imidazole rings is 1. The SMILES string of the molecule is CCOc1ccccc1-c1nccn1[C@H]1CC(=O)N(CCOC)C1. The van der Waals surface area contributed by atoms with Gasteiger partial charge in [-0.05, 0) is 19.1 Å². The highest BCUT2D eigenvalue weighted by Crippen LogP contribution is 2.33. The number of nitrogens with zero attached hydrogens (tertiary/aromatic N) is 3. The van der Waals surface area contributed by atoms with Gasteiger partial charge in [-0.3, -0.25) is 4.79 Å². The van der Waals surface area contributed by atoms with Crippen LogP contribution in [0.4, 0.5) is 0 Å². The van der Waals surface area contributed by atoms with Crippen LogP contribution in [-0.2, 0) is 9.53 Å². The zero-order valence-electron chi connectivity index (χ0n) is 14.1. The second-order valence-corrected chi connectivity index (χ2v) is 5.78. The number of rotatable bonds is 7. The van der Waals surface area contributed by atoms with Crippen molar-refractivity contribution in [2.24, 2.45) is 0 Å². The number of para-hydroxylation sites is 1. The highest BCUT2D eigenvalue weighted by Gasteiger charge is 2.31. The van der Waals surface area contributed by atoms with E-state index in [0.717, 1.165) is 17.1 Å². The number of carbonyl (C=O) groups excluding carboxylic acids is 1. The average molecular weight is 329 g/mol. The van der Waals surface area contributed by atoms with Crippen molar-refractivity contribution in [3.05, 3.63) is 36.7 Å². The summed E-state index contributed by atoms with van der Waals surface area (Å²) in [5, 5.41) is 0. The molecule has 2 aromatic rings. The summed E-state index contributed by atoms with van der Waals surface area (Å²) < 4.78 is 12.9. The van der Waals surface area contributed by atoms with E-state index in [9.17, 15) is 4.79 Å². The Hall–Kier alpha value is -2.34. The standard InChI is InChI=1S/C18H23N3O3/c1-3-24-16-7-5-4-6-15(16)18-19-8-9-21(18)14-12-17(22)20(13-14)10-11-23-2/h4-9,14H,3,10-13H2,1-2H3/t14-/m0/s1. The first-order valence-electron chi connectivity index (χ1n) is 8.26. The fourth-order valence-corrected chi connectivity index (χ4v) is 3.10. The van der Waals surface area contributed by atoms with E-state index >= 15 is 0 Å². The average Bonchev–Trinajstić information content (AvgIpc) is 3.20. The molecule has 128 valence electrons. The molecule has 1 aromatic heterocycles. The molecule has 1 saturated heterocycles. The maximum absolute atomic E-state index is 12.2. The molecule has 1 aliphatic rings. The zero-order chi connectivity index (χ0) is 16.9. The Labute approximate surface area is 142 Å². The molecule has 0 spiro atoms. The topological polar surface area (TPSA) is 56.6 Å². The first kappa shape index (κ1) is 16.5. The van der Waals surface area contributed by atoms with Crippen LogP contribution in [-0.4, -0.2) is 53.8 Å². The van der Waals surface area contributed by atoms with Crippen LogP contribution in [0, 0.1) is 0 Å². The van der Waals surface area contributed by atoms with Gasteiger partial charge in [0.2, 0.25) is 5.91 Å². The van der Waals surface area contributed by atoms with Gasteiger partial charge >= 0.3 is 0 Å². The molecule has 0 N–H and O–H groups in total. The third-order valence-electron chi connectivity index (χ3n) is 4.25. The molecule has 0 unspecified atom stereocenters. The minimum Gasteiger partial charge on any atom is -0.493 e. The van der Waals surface area contributed by atoms with E-state index in [1.807, 2.05) is 42.3 Å². The van der Waals surface area contributed by atoms with Crippen LogP contribution in [0.5, 0.6) is 5.75 Å². The third kappa shape index (κ3) is 3.28. The van der Waals surface area contributed by atoms with Crippen molar-refractivity contribution < 1.29 is 14.3 Å². The monoisotopic (exact) mass is 329 g/mol. The zero-order valence-corrected chi connectivity index (χ0v) is 14.1. The molecule has 1 aliphatic heterocycles. The lowest BCUT2D eigenvalue weighted by Gasteiger charge is -2.18. The fourth-order valence-electron chi connectivity index (χ4n) is 3.10. The van der Waals surface area contributed by atoms with Gasteiger partial charge in [-0.1, -0.05) is 12.1 Å². The normalized spacial score (nSPS) is 17.5. The van der Waals surface area contributed by atoms with E-state index in [-0.39, 0.29) is 11.9 Å². The lowest BCUT2D eigenvalue weighted by Crippen LogP contribution is -2.29. The second-order valence-electron chi connectivity index (χ2n) is 5.78. The molecule has 1 atom stereocenters. The number of amides is 1. The largest absolute Gasteiger partial charge is 0.493 e. The summed E-state index contributed by atoms with van der Waals surface area (Å²) in [5.41, 5.74) is 0.951. The summed E-state index contributed by atoms with van der Waals surface area (Å²) in [6.45, 7) is 4.44. The van der Waals surface area contributed by atoms with Crippen LogP contribution in [0.2, 0.25) is 0 Å².